The third-order valence-electron chi connectivity index (χ3n) is 3.20. The second-order valence-electron chi connectivity index (χ2n) is 6.60. The summed E-state index contributed by atoms with van der Waals surface area (Å²) >= 11 is 13.8. The number of aromatic nitrogens is 2. The summed E-state index contributed by atoms with van der Waals surface area (Å²) in [6.45, 7) is 3.80. The highest BCUT2D eigenvalue weighted by atomic mass is 127. The van der Waals surface area contributed by atoms with Crippen LogP contribution in [0.2, 0.25) is 10.2 Å². The Morgan fingerprint density at radius 2 is 1.88 bits per heavy atom. The van der Waals surface area contributed by atoms with Gasteiger partial charge in [0.25, 0.3) is 5.92 Å². The summed E-state index contributed by atoms with van der Waals surface area (Å²) < 4.78 is 34.2. The highest BCUT2D eigenvalue weighted by molar-refractivity contribution is 14.1. The zero-order chi connectivity index (χ0) is 19.0. The van der Waals surface area contributed by atoms with Gasteiger partial charge in [0.05, 0.1) is 13.1 Å². The van der Waals surface area contributed by atoms with E-state index in [0.29, 0.717) is 3.83 Å². The average molecular weight is 509 g/mol. The highest BCUT2D eigenvalue weighted by Gasteiger charge is 2.41. The van der Waals surface area contributed by atoms with Crippen LogP contribution in [0.4, 0.5) is 19.4 Å². The number of nitrogens with zero attached hydrogens (tertiary/aromatic N) is 4. The molecule has 0 saturated carbocycles. The van der Waals surface area contributed by atoms with E-state index in [1.807, 2.05) is 22.6 Å². The molecule has 1 aliphatic heterocycles. The minimum Gasteiger partial charge on any atom is -0.444 e. The first-order chi connectivity index (χ1) is 11.4. The Balaban J connectivity index is 2.25. The third-order valence-corrected chi connectivity index (χ3v) is 4.40. The van der Waals surface area contributed by atoms with Crippen molar-refractivity contribution in [1.82, 2.24) is 14.9 Å². The van der Waals surface area contributed by atoms with E-state index in [1.54, 1.807) is 20.8 Å². The largest absolute Gasteiger partial charge is 0.444 e. The molecule has 0 aromatic carbocycles. The third kappa shape index (κ3) is 5.65. The van der Waals surface area contributed by atoms with Crippen LogP contribution in [-0.4, -0.2) is 58.7 Å². The van der Waals surface area contributed by atoms with Gasteiger partial charge >= 0.3 is 6.09 Å². The fourth-order valence-electron chi connectivity index (χ4n) is 2.26. The van der Waals surface area contributed by atoms with Crippen LogP contribution in [0.15, 0.2) is 0 Å². The van der Waals surface area contributed by atoms with Gasteiger partial charge in [-0.25, -0.2) is 23.5 Å². The molecular weight excluding hydrogens is 492 g/mol. The van der Waals surface area contributed by atoms with Gasteiger partial charge in [0.15, 0.2) is 14.8 Å². The second-order valence-corrected chi connectivity index (χ2v) is 8.30. The number of hydrogen-bond acceptors (Lipinski definition) is 5. The Labute approximate surface area is 168 Å². The number of carbonyl (C=O) groups excluding carboxylic acids is 1. The number of ether oxygens (including phenoxy) is 1. The van der Waals surface area contributed by atoms with Crippen molar-refractivity contribution in [3.8, 4) is 0 Å². The minimum absolute atomic E-state index is 0.00333. The van der Waals surface area contributed by atoms with Crippen molar-refractivity contribution in [2.24, 2.45) is 0 Å². The van der Waals surface area contributed by atoms with Crippen molar-refractivity contribution in [3.05, 3.63) is 14.0 Å². The van der Waals surface area contributed by atoms with Crippen LogP contribution in [0.5, 0.6) is 0 Å². The lowest BCUT2D eigenvalue weighted by Gasteiger charge is -2.27. The topological polar surface area (TPSA) is 58.6 Å². The normalized spacial score (nSPS) is 18.1. The van der Waals surface area contributed by atoms with Crippen molar-refractivity contribution in [2.75, 3.05) is 31.1 Å². The van der Waals surface area contributed by atoms with Crippen LogP contribution in [0.25, 0.3) is 0 Å². The lowest BCUT2D eigenvalue weighted by molar-refractivity contribution is -0.0285. The summed E-state index contributed by atoms with van der Waals surface area (Å²) in [6.07, 6.45) is -0.782. The predicted molar refractivity (Wildman–Crippen MR) is 99.7 cm³/mol. The van der Waals surface area contributed by atoms with Crippen LogP contribution in [0, 0.1) is 3.83 Å². The van der Waals surface area contributed by atoms with Gasteiger partial charge < -0.3 is 14.5 Å². The molecule has 1 fully saturated rings. The molecule has 0 unspecified atom stereocenters. The van der Waals surface area contributed by atoms with Gasteiger partial charge in [0.2, 0.25) is 0 Å². The second kappa shape index (κ2) is 7.51. The number of amides is 1. The van der Waals surface area contributed by atoms with Gasteiger partial charge in [0, 0.05) is 35.7 Å². The molecule has 11 heteroatoms. The van der Waals surface area contributed by atoms with E-state index in [4.69, 9.17) is 27.9 Å². The lowest BCUT2D eigenvalue weighted by Crippen LogP contribution is -2.44. The monoisotopic (exact) mass is 508 g/mol. The Morgan fingerprint density at radius 1 is 1.24 bits per heavy atom. The molecular formula is C14H17Cl2F2IN4O2. The van der Waals surface area contributed by atoms with Crippen molar-refractivity contribution < 1.29 is 18.3 Å². The average Bonchev–Trinajstić information content (AvgIpc) is 2.59. The standard InChI is InChI=1S/C14H17Cl2F2IN4O2/c1-13(2,3)25-12(24)23-5-4-22(6-14(17,18)7-23)10-8(15)9(16)20-11(19)21-10/h4-7H2,1-3H3. The predicted octanol–water partition coefficient (Wildman–Crippen LogP) is 4.08. The van der Waals surface area contributed by atoms with Gasteiger partial charge in [-0.15, -0.1) is 0 Å². The van der Waals surface area contributed by atoms with E-state index in [1.165, 1.54) is 4.90 Å². The maximum absolute atomic E-state index is 14.4. The van der Waals surface area contributed by atoms with Gasteiger partial charge in [-0.05, 0) is 20.8 Å². The molecule has 1 amide bonds. The first-order valence-electron chi connectivity index (χ1n) is 7.37. The van der Waals surface area contributed by atoms with Crippen molar-refractivity contribution in [3.63, 3.8) is 0 Å². The van der Waals surface area contributed by atoms with Crippen molar-refractivity contribution in [1.29, 1.82) is 0 Å². The number of halogens is 5. The minimum atomic E-state index is -3.17. The number of alkyl halides is 2. The Bertz CT molecular complexity index is 673. The fourth-order valence-corrected chi connectivity index (χ4v) is 3.25. The molecule has 0 radical (unpaired) electrons. The quantitative estimate of drug-likeness (QED) is 0.325. The molecule has 2 rings (SSSR count). The molecule has 0 spiro atoms. The van der Waals surface area contributed by atoms with Crippen LogP contribution < -0.4 is 4.90 Å². The van der Waals surface area contributed by atoms with Crippen molar-refractivity contribution in [2.45, 2.75) is 32.3 Å². The Kier molecular flexibility index (Phi) is 6.20. The molecule has 1 aliphatic rings. The zero-order valence-corrected chi connectivity index (χ0v) is 17.5. The summed E-state index contributed by atoms with van der Waals surface area (Å²) in [4.78, 5) is 22.4. The molecule has 1 aromatic rings. The van der Waals surface area contributed by atoms with E-state index >= 15 is 0 Å². The van der Waals surface area contributed by atoms with Gasteiger partial charge in [0.1, 0.15) is 10.6 Å². The Hall–Kier alpha value is -0.680. The van der Waals surface area contributed by atoms with E-state index in [2.05, 4.69) is 9.97 Å². The van der Waals surface area contributed by atoms with Gasteiger partial charge in [-0.1, -0.05) is 23.2 Å². The number of hydrogen-bond donors (Lipinski definition) is 0. The van der Waals surface area contributed by atoms with Crippen LogP contribution in [0.1, 0.15) is 20.8 Å². The number of anilines is 1. The lowest BCUT2D eigenvalue weighted by atomic mass is 10.2. The molecule has 0 aliphatic carbocycles. The van der Waals surface area contributed by atoms with E-state index < -0.39 is 30.7 Å². The molecule has 0 N–H and O–H groups in total. The smallest absolute Gasteiger partial charge is 0.410 e. The number of carbonyl (C=O) groups is 1. The summed E-state index contributed by atoms with van der Waals surface area (Å²) in [5.41, 5.74) is -0.766. The van der Waals surface area contributed by atoms with Crippen LogP contribution in [0.3, 0.4) is 0 Å². The summed E-state index contributed by atoms with van der Waals surface area (Å²) in [5, 5.41) is -0.00349. The highest BCUT2D eigenvalue weighted by Crippen LogP contribution is 2.33. The number of rotatable bonds is 1. The van der Waals surface area contributed by atoms with E-state index in [-0.39, 0.29) is 29.1 Å². The molecule has 2 heterocycles. The maximum Gasteiger partial charge on any atom is 0.410 e. The molecule has 25 heavy (non-hydrogen) atoms. The first-order valence-corrected chi connectivity index (χ1v) is 9.21. The summed E-state index contributed by atoms with van der Waals surface area (Å²) in [7, 11) is 0. The van der Waals surface area contributed by atoms with Gasteiger partial charge in [-0.3, -0.25) is 0 Å². The summed E-state index contributed by atoms with van der Waals surface area (Å²) in [6, 6.07) is 0. The fraction of sp³-hybridized carbons (Fsp3) is 0.643. The molecule has 1 saturated heterocycles. The zero-order valence-electron chi connectivity index (χ0n) is 13.8. The van der Waals surface area contributed by atoms with Crippen molar-refractivity contribution >= 4 is 57.7 Å². The SMILES string of the molecule is CC(C)(C)OC(=O)N1CCN(c2nc(I)nc(Cl)c2Cl)CC(F)(F)C1. The maximum atomic E-state index is 14.4. The van der Waals surface area contributed by atoms with E-state index in [9.17, 15) is 13.6 Å². The molecule has 0 atom stereocenters. The van der Waals surface area contributed by atoms with Crippen LogP contribution >= 0.6 is 45.8 Å². The van der Waals surface area contributed by atoms with E-state index in [0.717, 1.165) is 4.90 Å². The molecule has 0 bridgehead atoms. The molecule has 1 aromatic heterocycles. The first kappa shape index (κ1) is 20.6. The molecule has 140 valence electrons. The van der Waals surface area contributed by atoms with Crippen LogP contribution in [-0.2, 0) is 4.74 Å². The van der Waals surface area contributed by atoms with Gasteiger partial charge in [-0.2, -0.15) is 0 Å². The molecule has 6 nitrogen and oxygen atoms in total. The Morgan fingerprint density at radius 3 is 2.48 bits per heavy atom. The summed E-state index contributed by atoms with van der Waals surface area (Å²) in [5.74, 6) is -3.05.